The monoisotopic (exact) mass is 278 g/mol. The van der Waals surface area contributed by atoms with Crippen LogP contribution in [-0.4, -0.2) is 23.4 Å². The fourth-order valence-corrected chi connectivity index (χ4v) is 1.51. The van der Waals surface area contributed by atoms with Crippen LogP contribution in [-0.2, 0) is 11.3 Å². The quantitative estimate of drug-likeness (QED) is 0.917. The first-order valence-electron chi connectivity index (χ1n) is 5.44. The fourth-order valence-electron chi connectivity index (χ4n) is 1.51. The van der Waals surface area contributed by atoms with Crippen molar-refractivity contribution in [2.45, 2.75) is 26.4 Å². The zero-order valence-corrected chi connectivity index (χ0v) is 11.1. The number of benzene rings is 1. The molecule has 0 heterocycles. The van der Waals surface area contributed by atoms with Crippen molar-refractivity contribution in [3.8, 4) is 0 Å². The Kier molecular flexibility index (Phi) is 6.80. The number of nitrogens with two attached hydrogens (primary N) is 1. The minimum absolute atomic E-state index is 0. The van der Waals surface area contributed by atoms with Crippen molar-refractivity contribution in [3.63, 3.8) is 0 Å². The summed E-state index contributed by atoms with van der Waals surface area (Å²) in [5, 5.41) is 0. The second-order valence-electron chi connectivity index (χ2n) is 3.84. The molecule has 1 atom stereocenters. The number of hydrogen-bond acceptors (Lipinski definition) is 2. The average Bonchev–Trinajstić information content (AvgIpc) is 2.28. The Morgan fingerprint density at radius 1 is 1.39 bits per heavy atom. The van der Waals surface area contributed by atoms with E-state index in [1.165, 1.54) is 23.1 Å². The first kappa shape index (κ1) is 16.8. The molecule has 1 aromatic rings. The first-order chi connectivity index (χ1) is 7.97. The van der Waals surface area contributed by atoms with Gasteiger partial charge in [0.2, 0.25) is 5.91 Å². The number of hydrogen-bond donors (Lipinski definition) is 1. The van der Waals surface area contributed by atoms with Gasteiger partial charge in [-0.2, -0.15) is 0 Å². The summed E-state index contributed by atoms with van der Waals surface area (Å²) in [5.41, 5.74) is 5.36. The van der Waals surface area contributed by atoms with E-state index < -0.39 is 17.7 Å². The molecule has 0 bridgehead atoms. The molecule has 0 fully saturated rings. The molecular formula is C12H17ClF2N2O. The molecule has 0 saturated heterocycles. The highest BCUT2D eigenvalue weighted by Crippen LogP contribution is 2.14. The molecule has 2 N–H and O–H groups in total. The number of halogens is 3. The third-order valence-electron chi connectivity index (χ3n) is 2.49. The maximum atomic E-state index is 13.4. The molecular weight excluding hydrogens is 262 g/mol. The van der Waals surface area contributed by atoms with Crippen LogP contribution in [0.2, 0.25) is 0 Å². The highest BCUT2D eigenvalue weighted by Gasteiger charge is 2.19. The number of likely N-dealkylation sites (N-methyl/N-ethyl adjacent to an activating group) is 1. The van der Waals surface area contributed by atoms with Crippen LogP contribution in [0.5, 0.6) is 0 Å². The third-order valence-corrected chi connectivity index (χ3v) is 2.49. The molecule has 3 nitrogen and oxygen atoms in total. The van der Waals surface area contributed by atoms with Gasteiger partial charge in [0.15, 0.2) is 0 Å². The fraction of sp³-hybridized carbons (Fsp3) is 0.417. The highest BCUT2D eigenvalue weighted by molar-refractivity contribution is 5.85. The zero-order valence-electron chi connectivity index (χ0n) is 10.3. The van der Waals surface area contributed by atoms with Crippen molar-refractivity contribution in [1.82, 2.24) is 4.90 Å². The Morgan fingerprint density at radius 2 is 1.89 bits per heavy atom. The van der Waals surface area contributed by atoms with Gasteiger partial charge in [-0.1, -0.05) is 6.07 Å². The SMILES string of the molecule is CCN(Cc1c(F)cccc1F)C(=O)[C@@H](C)N.Cl. The van der Waals surface area contributed by atoms with Crippen LogP contribution < -0.4 is 5.73 Å². The largest absolute Gasteiger partial charge is 0.337 e. The van der Waals surface area contributed by atoms with E-state index in [-0.39, 0.29) is 30.4 Å². The van der Waals surface area contributed by atoms with Crippen LogP contribution in [0.4, 0.5) is 8.78 Å². The number of rotatable bonds is 4. The smallest absolute Gasteiger partial charge is 0.239 e. The van der Waals surface area contributed by atoms with Gasteiger partial charge < -0.3 is 10.6 Å². The molecule has 6 heteroatoms. The molecule has 0 aliphatic rings. The van der Waals surface area contributed by atoms with Gasteiger partial charge in [0.05, 0.1) is 12.6 Å². The molecule has 0 aliphatic heterocycles. The van der Waals surface area contributed by atoms with E-state index in [4.69, 9.17) is 5.73 Å². The molecule has 1 aromatic carbocycles. The van der Waals surface area contributed by atoms with E-state index in [0.717, 1.165) is 0 Å². The summed E-state index contributed by atoms with van der Waals surface area (Å²) in [7, 11) is 0. The highest BCUT2D eigenvalue weighted by atomic mass is 35.5. The lowest BCUT2D eigenvalue weighted by atomic mass is 10.1. The maximum absolute atomic E-state index is 13.4. The molecule has 1 amide bonds. The summed E-state index contributed by atoms with van der Waals surface area (Å²) >= 11 is 0. The van der Waals surface area contributed by atoms with Gasteiger partial charge in [-0.25, -0.2) is 8.78 Å². The van der Waals surface area contributed by atoms with Crippen LogP contribution in [0.25, 0.3) is 0 Å². The Morgan fingerprint density at radius 3 is 2.28 bits per heavy atom. The Balaban J connectivity index is 0.00000289. The predicted octanol–water partition coefficient (Wildman–Crippen LogP) is 2.08. The van der Waals surface area contributed by atoms with Gasteiger partial charge in [-0.3, -0.25) is 4.79 Å². The van der Waals surface area contributed by atoms with Crippen LogP contribution in [0.1, 0.15) is 19.4 Å². The van der Waals surface area contributed by atoms with E-state index >= 15 is 0 Å². The van der Waals surface area contributed by atoms with Crippen molar-refractivity contribution in [1.29, 1.82) is 0 Å². The second-order valence-corrected chi connectivity index (χ2v) is 3.84. The van der Waals surface area contributed by atoms with Gasteiger partial charge in [0.1, 0.15) is 11.6 Å². The number of nitrogens with zero attached hydrogens (tertiary/aromatic N) is 1. The standard InChI is InChI=1S/C12H16F2N2O.ClH/c1-3-16(12(17)8(2)15)7-9-10(13)5-4-6-11(9)14;/h4-6,8H,3,7,15H2,1-2H3;1H/t8-;/m1./s1. The van der Waals surface area contributed by atoms with Crippen molar-refractivity contribution in [2.24, 2.45) is 5.73 Å². The summed E-state index contributed by atoms with van der Waals surface area (Å²) in [6, 6.07) is 2.95. The molecule has 0 radical (unpaired) electrons. The predicted molar refractivity (Wildman–Crippen MR) is 68.3 cm³/mol. The molecule has 0 aliphatic carbocycles. The van der Waals surface area contributed by atoms with Crippen molar-refractivity contribution >= 4 is 18.3 Å². The Labute approximate surface area is 111 Å². The van der Waals surface area contributed by atoms with Crippen LogP contribution >= 0.6 is 12.4 Å². The van der Waals surface area contributed by atoms with Gasteiger partial charge in [-0.15, -0.1) is 12.4 Å². The first-order valence-corrected chi connectivity index (χ1v) is 5.44. The zero-order chi connectivity index (χ0) is 13.0. The number of carbonyl (C=O) groups is 1. The maximum Gasteiger partial charge on any atom is 0.239 e. The van der Waals surface area contributed by atoms with Gasteiger partial charge in [0, 0.05) is 12.1 Å². The van der Waals surface area contributed by atoms with E-state index in [1.807, 2.05) is 0 Å². The van der Waals surface area contributed by atoms with Crippen LogP contribution in [0.3, 0.4) is 0 Å². The summed E-state index contributed by atoms with van der Waals surface area (Å²) in [6.07, 6.45) is 0. The lowest BCUT2D eigenvalue weighted by Crippen LogP contribution is -2.41. The summed E-state index contributed by atoms with van der Waals surface area (Å²) in [6.45, 7) is 3.53. The average molecular weight is 279 g/mol. The summed E-state index contributed by atoms with van der Waals surface area (Å²) in [4.78, 5) is 13.0. The van der Waals surface area contributed by atoms with Crippen molar-refractivity contribution in [3.05, 3.63) is 35.4 Å². The van der Waals surface area contributed by atoms with E-state index in [2.05, 4.69) is 0 Å². The second kappa shape index (κ2) is 7.28. The third kappa shape index (κ3) is 3.92. The summed E-state index contributed by atoms with van der Waals surface area (Å²) < 4.78 is 26.8. The molecule has 0 unspecified atom stereocenters. The Bertz CT molecular complexity index is 393. The summed E-state index contributed by atoms with van der Waals surface area (Å²) in [5.74, 6) is -1.63. The van der Waals surface area contributed by atoms with E-state index in [1.54, 1.807) is 13.8 Å². The molecule has 0 saturated carbocycles. The normalized spacial score (nSPS) is 11.6. The molecule has 102 valence electrons. The molecule has 0 aromatic heterocycles. The lowest BCUT2D eigenvalue weighted by molar-refractivity contribution is -0.132. The number of amides is 1. The number of carbonyl (C=O) groups excluding carboxylic acids is 1. The van der Waals surface area contributed by atoms with Crippen LogP contribution in [0, 0.1) is 11.6 Å². The minimum Gasteiger partial charge on any atom is -0.337 e. The van der Waals surface area contributed by atoms with Gasteiger partial charge >= 0.3 is 0 Å². The van der Waals surface area contributed by atoms with Crippen molar-refractivity contribution in [2.75, 3.05) is 6.54 Å². The van der Waals surface area contributed by atoms with Gasteiger partial charge in [0.25, 0.3) is 0 Å². The minimum atomic E-state index is -0.676. The molecule has 18 heavy (non-hydrogen) atoms. The van der Waals surface area contributed by atoms with Crippen LogP contribution in [0.15, 0.2) is 18.2 Å². The van der Waals surface area contributed by atoms with E-state index in [9.17, 15) is 13.6 Å². The topological polar surface area (TPSA) is 46.3 Å². The van der Waals surface area contributed by atoms with Gasteiger partial charge in [-0.05, 0) is 26.0 Å². The Hall–Kier alpha value is -1.20. The van der Waals surface area contributed by atoms with E-state index in [0.29, 0.717) is 6.54 Å². The molecule has 1 rings (SSSR count). The molecule has 0 spiro atoms. The van der Waals surface area contributed by atoms with Crippen molar-refractivity contribution < 1.29 is 13.6 Å². The lowest BCUT2D eigenvalue weighted by Gasteiger charge is -2.23.